The predicted molar refractivity (Wildman–Crippen MR) is 114 cm³/mol. The SMILES string of the molecule is CN(c1cccnc1)c1ccc2c(c1)CCC[C@H]2CNc1cnccc1C(=O)O. The first-order valence-electron chi connectivity index (χ1n) is 9.81. The van der Waals surface area contributed by atoms with Crippen molar-refractivity contribution in [3.05, 3.63) is 77.9 Å². The molecule has 0 aliphatic heterocycles. The molecule has 29 heavy (non-hydrogen) atoms. The second-order valence-electron chi connectivity index (χ2n) is 7.35. The fraction of sp³-hybridized carbons (Fsp3) is 0.261. The molecule has 2 heterocycles. The summed E-state index contributed by atoms with van der Waals surface area (Å²) in [6.45, 7) is 0.691. The van der Waals surface area contributed by atoms with Crippen LogP contribution in [-0.4, -0.2) is 34.6 Å². The lowest BCUT2D eigenvalue weighted by atomic mass is 9.82. The molecule has 1 aliphatic carbocycles. The molecule has 0 radical (unpaired) electrons. The number of rotatable bonds is 6. The second-order valence-corrected chi connectivity index (χ2v) is 7.35. The highest BCUT2D eigenvalue weighted by atomic mass is 16.4. The number of carboxylic acids is 1. The van der Waals surface area contributed by atoms with Crippen LogP contribution < -0.4 is 10.2 Å². The molecule has 0 saturated carbocycles. The fourth-order valence-electron chi connectivity index (χ4n) is 3.98. The average molecular weight is 388 g/mol. The van der Waals surface area contributed by atoms with Crippen LogP contribution in [0.2, 0.25) is 0 Å². The zero-order chi connectivity index (χ0) is 20.2. The van der Waals surface area contributed by atoms with Crippen LogP contribution in [0.15, 0.2) is 61.2 Å². The Bertz CT molecular complexity index is 1010. The number of hydrogen-bond donors (Lipinski definition) is 2. The van der Waals surface area contributed by atoms with Gasteiger partial charge in [0.1, 0.15) is 0 Å². The van der Waals surface area contributed by atoms with Gasteiger partial charge in [-0.2, -0.15) is 0 Å². The van der Waals surface area contributed by atoms with E-state index in [1.54, 1.807) is 12.4 Å². The van der Waals surface area contributed by atoms with Crippen molar-refractivity contribution in [3.63, 3.8) is 0 Å². The van der Waals surface area contributed by atoms with Crippen LogP contribution in [0.3, 0.4) is 0 Å². The minimum Gasteiger partial charge on any atom is -0.478 e. The first kappa shape index (κ1) is 18.9. The van der Waals surface area contributed by atoms with E-state index >= 15 is 0 Å². The molecule has 1 atom stereocenters. The highest BCUT2D eigenvalue weighted by molar-refractivity contribution is 5.93. The molecule has 0 saturated heterocycles. The van der Waals surface area contributed by atoms with E-state index in [0.29, 0.717) is 18.2 Å². The molecule has 0 fully saturated rings. The first-order valence-corrected chi connectivity index (χ1v) is 9.81. The Labute approximate surface area is 170 Å². The molecular weight excluding hydrogens is 364 g/mol. The van der Waals surface area contributed by atoms with Gasteiger partial charge in [-0.15, -0.1) is 0 Å². The van der Waals surface area contributed by atoms with Gasteiger partial charge >= 0.3 is 5.97 Å². The lowest BCUT2D eigenvalue weighted by Gasteiger charge is -2.28. The van der Waals surface area contributed by atoms with E-state index in [0.717, 1.165) is 30.6 Å². The van der Waals surface area contributed by atoms with Crippen molar-refractivity contribution in [2.45, 2.75) is 25.2 Å². The Morgan fingerprint density at radius 2 is 2.03 bits per heavy atom. The zero-order valence-corrected chi connectivity index (χ0v) is 16.4. The molecule has 3 aromatic rings. The minimum absolute atomic E-state index is 0.254. The highest BCUT2D eigenvalue weighted by Crippen LogP contribution is 2.35. The second kappa shape index (κ2) is 8.31. The number of carboxylic acid groups (broad SMARTS) is 1. The van der Waals surface area contributed by atoms with E-state index in [2.05, 4.69) is 45.4 Å². The summed E-state index contributed by atoms with van der Waals surface area (Å²) in [5, 5.41) is 12.7. The van der Waals surface area contributed by atoms with Gasteiger partial charge in [0.25, 0.3) is 0 Å². The van der Waals surface area contributed by atoms with Crippen molar-refractivity contribution >= 4 is 23.0 Å². The van der Waals surface area contributed by atoms with Crippen molar-refractivity contribution in [1.29, 1.82) is 0 Å². The maximum absolute atomic E-state index is 11.4. The lowest BCUT2D eigenvalue weighted by Crippen LogP contribution is -2.20. The summed E-state index contributed by atoms with van der Waals surface area (Å²) in [4.78, 5) is 21.8. The van der Waals surface area contributed by atoms with Crippen molar-refractivity contribution < 1.29 is 9.90 Å². The maximum atomic E-state index is 11.4. The number of hydrogen-bond acceptors (Lipinski definition) is 5. The topological polar surface area (TPSA) is 78.4 Å². The smallest absolute Gasteiger partial charge is 0.337 e. The fourth-order valence-corrected chi connectivity index (χ4v) is 3.98. The average Bonchev–Trinajstić information content (AvgIpc) is 2.77. The molecule has 6 nitrogen and oxygen atoms in total. The molecule has 0 unspecified atom stereocenters. The molecule has 2 aromatic heterocycles. The van der Waals surface area contributed by atoms with Crippen LogP contribution in [0.25, 0.3) is 0 Å². The lowest BCUT2D eigenvalue weighted by molar-refractivity contribution is 0.0698. The number of benzene rings is 1. The van der Waals surface area contributed by atoms with Crippen LogP contribution >= 0.6 is 0 Å². The Kier molecular flexibility index (Phi) is 5.42. The summed E-state index contributed by atoms with van der Waals surface area (Å²) in [6.07, 6.45) is 10.00. The normalized spacial score (nSPS) is 15.4. The first-order chi connectivity index (χ1) is 14.1. The van der Waals surface area contributed by atoms with Gasteiger partial charge in [-0.05, 0) is 60.7 Å². The molecule has 0 bridgehead atoms. The largest absolute Gasteiger partial charge is 0.478 e. The standard InChI is InChI=1S/C23H24N4O2/c1-27(19-6-3-10-24-14-19)18-7-8-20-16(12-18)4-2-5-17(20)13-26-22-15-25-11-9-21(22)23(28)29/h3,6-12,14-15,17,26H,2,4-5,13H2,1H3,(H,28,29)/t17-/m0/s1. The summed E-state index contributed by atoms with van der Waals surface area (Å²) in [5.41, 5.74) is 5.73. The molecule has 1 aromatic carbocycles. The van der Waals surface area contributed by atoms with Crippen molar-refractivity contribution in [1.82, 2.24) is 9.97 Å². The monoisotopic (exact) mass is 388 g/mol. The summed E-state index contributed by atoms with van der Waals surface area (Å²) in [6, 6.07) is 12.1. The number of nitrogens with zero attached hydrogens (tertiary/aromatic N) is 3. The predicted octanol–water partition coefficient (Wildman–Crippen LogP) is 4.47. The Morgan fingerprint density at radius 3 is 2.83 bits per heavy atom. The molecule has 1 aliphatic rings. The number of aryl methyl sites for hydroxylation is 1. The van der Waals surface area contributed by atoms with Gasteiger partial charge in [-0.25, -0.2) is 4.79 Å². The van der Waals surface area contributed by atoms with Gasteiger partial charge in [-0.1, -0.05) is 6.07 Å². The van der Waals surface area contributed by atoms with Gasteiger partial charge in [-0.3, -0.25) is 9.97 Å². The van der Waals surface area contributed by atoms with Crippen molar-refractivity contribution in [2.24, 2.45) is 0 Å². The summed E-state index contributed by atoms with van der Waals surface area (Å²) in [7, 11) is 2.05. The van der Waals surface area contributed by atoms with Gasteiger partial charge in [0.15, 0.2) is 0 Å². The number of aromatic nitrogens is 2. The molecular formula is C23H24N4O2. The van der Waals surface area contributed by atoms with Gasteiger partial charge in [0.2, 0.25) is 0 Å². The third kappa shape index (κ3) is 4.06. The highest BCUT2D eigenvalue weighted by Gasteiger charge is 2.22. The molecule has 4 rings (SSSR count). The zero-order valence-electron chi connectivity index (χ0n) is 16.4. The molecule has 0 amide bonds. The van der Waals surface area contributed by atoms with E-state index in [1.807, 2.05) is 18.3 Å². The van der Waals surface area contributed by atoms with Crippen molar-refractivity contribution in [2.75, 3.05) is 23.8 Å². The molecule has 2 N–H and O–H groups in total. The van der Waals surface area contributed by atoms with Gasteiger partial charge in [0, 0.05) is 37.6 Å². The number of pyridine rings is 2. The Morgan fingerprint density at radius 1 is 1.17 bits per heavy atom. The van der Waals surface area contributed by atoms with E-state index in [4.69, 9.17) is 0 Å². The van der Waals surface area contributed by atoms with Crippen molar-refractivity contribution in [3.8, 4) is 0 Å². The number of anilines is 3. The minimum atomic E-state index is -0.943. The van der Waals surface area contributed by atoms with E-state index < -0.39 is 5.97 Å². The van der Waals surface area contributed by atoms with Gasteiger partial charge in [0.05, 0.1) is 29.3 Å². The van der Waals surface area contributed by atoms with Crippen LogP contribution in [0.1, 0.15) is 40.2 Å². The number of carbonyl (C=O) groups is 1. The Balaban J connectivity index is 1.53. The van der Waals surface area contributed by atoms with E-state index in [1.165, 1.54) is 23.4 Å². The summed E-state index contributed by atoms with van der Waals surface area (Å²) in [5.74, 6) is -0.597. The summed E-state index contributed by atoms with van der Waals surface area (Å²) < 4.78 is 0. The quantitative estimate of drug-likeness (QED) is 0.648. The van der Waals surface area contributed by atoms with Crippen LogP contribution in [0.4, 0.5) is 17.1 Å². The number of nitrogens with one attached hydrogen (secondary N) is 1. The molecule has 6 heteroatoms. The maximum Gasteiger partial charge on any atom is 0.337 e. The third-order valence-corrected chi connectivity index (χ3v) is 5.58. The van der Waals surface area contributed by atoms with Crippen LogP contribution in [0.5, 0.6) is 0 Å². The van der Waals surface area contributed by atoms with Crippen LogP contribution in [-0.2, 0) is 6.42 Å². The van der Waals surface area contributed by atoms with E-state index in [9.17, 15) is 9.90 Å². The molecule has 148 valence electrons. The number of fused-ring (bicyclic) bond motifs is 1. The van der Waals surface area contributed by atoms with E-state index in [-0.39, 0.29) is 5.56 Å². The number of aromatic carboxylic acids is 1. The van der Waals surface area contributed by atoms with Gasteiger partial charge < -0.3 is 15.3 Å². The summed E-state index contributed by atoms with van der Waals surface area (Å²) >= 11 is 0. The third-order valence-electron chi connectivity index (χ3n) is 5.58. The molecule has 0 spiro atoms. The van der Waals surface area contributed by atoms with Crippen LogP contribution in [0, 0.1) is 0 Å². The Hall–Kier alpha value is -3.41.